The van der Waals surface area contributed by atoms with Gasteiger partial charge in [0.05, 0.1) is 35.3 Å². The summed E-state index contributed by atoms with van der Waals surface area (Å²) in [6, 6.07) is 18.2. The van der Waals surface area contributed by atoms with Gasteiger partial charge in [0.25, 0.3) is 0 Å². The molecule has 1 aliphatic heterocycles. The summed E-state index contributed by atoms with van der Waals surface area (Å²) in [4.78, 5) is 11.2. The van der Waals surface area contributed by atoms with Crippen LogP contribution in [-0.2, 0) is 18.3 Å². The van der Waals surface area contributed by atoms with E-state index in [0.29, 0.717) is 23.5 Å². The largest absolute Gasteiger partial charge is 0.439 e. The van der Waals surface area contributed by atoms with E-state index in [4.69, 9.17) is 26.1 Å². The van der Waals surface area contributed by atoms with Crippen molar-refractivity contribution in [3.8, 4) is 11.6 Å². The molecule has 0 amide bonds. The molecule has 4 aromatic rings. The number of pyridine rings is 1. The first-order chi connectivity index (χ1) is 15.6. The second-order valence-electron chi connectivity index (χ2n) is 7.88. The minimum Gasteiger partial charge on any atom is -0.439 e. The van der Waals surface area contributed by atoms with Crippen LogP contribution in [-0.4, -0.2) is 40.8 Å². The number of fused-ring (bicyclic) bond motifs is 1. The average molecular weight is 450 g/mol. The van der Waals surface area contributed by atoms with Gasteiger partial charge in [0, 0.05) is 38.6 Å². The highest BCUT2D eigenvalue weighted by atomic mass is 35.5. The maximum Gasteiger partial charge on any atom is 0.219 e. The average Bonchev–Trinajstić information content (AvgIpc) is 3.08. The molecule has 2 aromatic heterocycles. The second-order valence-corrected chi connectivity index (χ2v) is 8.32. The summed E-state index contributed by atoms with van der Waals surface area (Å²) in [6.07, 6.45) is 1.56. The molecule has 1 fully saturated rings. The van der Waals surface area contributed by atoms with Crippen molar-refractivity contribution >= 4 is 34.3 Å². The van der Waals surface area contributed by atoms with Gasteiger partial charge in [0.2, 0.25) is 11.8 Å². The molecule has 0 aliphatic carbocycles. The highest BCUT2D eigenvalue weighted by Gasteiger charge is 2.23. The number of hydrogen-bond acceptors (Lipinski definition) is 6. The Morgan fingerprint density at radius 2 is 1.97 bits per heavy atom. The van der Waals surface area contributed by atoms with Gasteiger partial charge in [-0.3, -0.25) is 0 Å². The number of imidazole rings is 1. The fraction of sp³-hybridized carbons (Fsp3) is 0.250. The van der Waals surface area contributed by atoms with E-state index in [1.54, 1.807) is 18.3 Å². The third kappa shape index (κ3) is 4.22. The monoisotopic (exact) mass is 449 g/mol. The maximum atomic E-state index is 5.86. The summed E-state index contributed by atoms with van der Waals surface area (Å²) in [5.41, 5.74) is 4.36. The van der Waals surface area contributed by atoms with Gasteiger partial charge in [0.15, 0.2) is 0 Å². The fourth-order valence-electron chi connectivity index (χ4n) is 3.61. The number of nitrogens with one attached hydrogen (secondary N) is 1. The minimum absolute atomic E-state index is 0.445. The lowest BCUT2D eigenvalue weighted by Gasteiger charge is -2.36. The number of rotatable bonds is 7. The van der Waals surface area contributed by atoms with Crippen LogP contribution in [0.3, 0.4) is 0 Å². The molecule has 0 unspecified atom stereocenters. The van der Waals surface area contributed by atoms with Gasteiger partial charge in [0.1, 0.15) is 5.75 Å². The predicted molar refractivity (Wildman–Crippen MR) is 127 cm³/mol. The van der Waals surface area contributed by atoms with Gasteiger partial charge in [-0.1, -0.05) is 23.7 Å². The van der Waals surface area contributed by atoms with Crippen molar-refractivity contribution in [2.75, 3.05) is 30.5 Å². The molecule has 0 radical (unpaired) electrons. The van der Waals surface area contributed by atoms with E-state index in [1.807, 2.05) is 31.3 Å². The van der Waals surface area contributed by atoms with E-state index in [-0.39, 0.29) is 0 Å². The van der Waals surface area contributed by atoms with Gasteiger partial charge in [-0.2, -0.15) is 0 Å². The van der Waals surface area contributed by atoms with Crippen LogP contribution >= 0.6 is 11.6 Å². The molecule has 0 bridgehead atoms. The molecule has 0 saturated carbocycles. The normalized spacial score (nSPS) is 13.7. The molecule has 2 aromatic carbocycles. The molecule has 0 atom stereocenters. The standard InChI is InChI=1S/C24H24ClN5O2/c1-29(19-14-31-15-19)18-6-9-21-22(11-18)30(2)24(28-21)27-12-16-3-7-20(8-4-16)32-23-10-5-17(25)13-26-23/h3-11,13,19H,12,14-15H2,1-2H3,(H,27,28). The number of aromatic nitrogens is 3. The van der Waals surface area contributed by atoms with E-state index in [9.17, 15) is 0 Å². The van der Waals surface area contributed by atoms with E-state index < -0.39 is 0 Å². The molecule has 8 heteroatoms. The second kappa shape index (κ2) is 8.68. The number of halogens is 1. The molecule has 164 valence electrons. The molecule has 0 spiro atoms. The predicted octanol–water partition coefficient (Wildman–Crippen LogP) is 4.86. The van der Waals surface area contributed by atoms with E-state index in [2.05, 4.69) is 45.0 Å². The van der Waals surface area contributed by atoms with Crippen molar-refractivity contribution in [2.24, 2.45) is 7.05 Å². The van der Waals surface area contributed by atoms with Crippen molar-refractivity contribution in [2.45, 2.75) is 12.6 Å². The smallest absolute Gasteiger partial charge is 0.219 e. The van der Waals surface area contributed by atoms with Crippen LogP contribution in [0.15, 0.2) is 60.8 Å². The molecule has 7 nitrogen and oxygen atoms in total. The van der Waals surface area contributed by atoms with Crippen molar-refractivity contribution in [1.82, 2.24) is 14.5 Å². The van der Waals surface area contributed by atoms with Crippen LogP contribution in [0.2, 0.25) is 5.02 Å². The summed E-state index contributed by atoms with van der Waals surface area (Å²) in [5, 5.41) is 4.02. The minimum atomic E-state index is 0.445. The maximum absolute atomic E-state index is 5.86. The van der Waals surface area contributed by atoms with Gasteiger partial charge in [-0.15, -0.1) is 0 Å². The van der Waals surface area contributed by atoms with Gasteiger partial charge in [-0.25, -0.2) is 9.97 Å². The summed E-state index contributed by atoms with van der Waals surface area (Å²) >= 11 is 5.86. The highest BCUT2D eigenvalue weighted by molar-refractivity contribution is 6.30. The number of hydrogen-bond donors (Lipinski definition) is 1. The Morgan fingerprint density at radius 1 is 1.16 bits per heavy atom. The topological polar surface area (TPSA) is 64.4 Å². The Hall–Kier alpha value is -3.29. The van der Waals surface area contributed by atoms with Gasteiger partial charge < -0.3 is 24.3 Å². The van der Waals surface area contributed by atoms with Crippen LogP contribution in [0.25, 0.3) is 11.0 Å². The Labute approximate surface area is 191 Å². The number of likely N-dealkylation sites (N-methyl/N-ethyl adjacent to an activating group) is 1. The summed E-state index contributed by atoms with van der Waals surface area (Å²) in [7, 11) is 4.14. The lowest BCUT2D eigenvalue weighted by molar-refractivity contribution is 0.0101. The molecule has 3 heterocycles. The Balaban J connectivity index is 1.25. The zero-order valence-electron chi connectivity index (χ0n) is 18.0. The lowest BCUT2D eigenvalue weighted by Crippen LogP contribution is -2.47. The van der Waals surface area contributed by atoms with Crippen molar-refractivity contribution in [3.63, 3.8) is 0 Å². The molecular formula is C24H24ClN5O2. The van der Waals surface area contributed by atoms with Crippen LogP contribution < -0.4 is 15.0 Å². The Morgan fingerprint density at radius 3 is 2.66 bits per heavy atom. The van der Waals surface area contributed by atoms with Crippen LogP contribution in [0, 0.1) is 0 Å². The zero-order chi connectivity index (χ0) is 22.1. The molecule has 1 aliphatic rings. The number of ether oxygens (including phenoxy) is 2. The first-order valence-corrected chi connectivity index (χ1v) is 10.8. The van der Waals surface area contributed by atoms with Gasteiger partial charge in [-0.05, 0) is 42.0 Å². The number of anilines is 2. The molecular weight excluding hydrogens is 426 g/mol. The molecule has 32 heavy (non-hydrogen) atoms. The van der Waals surface area contributed by atoms with E-state index in [0.717, 1.165) is 41.5 Å². The van der Waals surface area contributed by atoms with Crippen LogP contribution in [0.5, 0.6) is 11.6 Å². The van der Waals surface area contributed by atoms with Crippen molar-refractivity contribution in [1.29, 1.82) is 0 Å². The molecule has 1 N–H and O–H groups in total. The summed E-state index contributed by atoms with van der Waals surface area (Å²) < 4.78 is 13.2. The van der Waals surface area contributed by atoms with Crippen LogP contribution in [0.1, 0.15) is 5.56 Å². The number of benzene rings is 2. The molecule has 5 rings (SSSR count). The van der Waals surface area contributed by atoms with Crippen molar-refractivity contribution < 1.29 is 9.47 Å². The van der Waals surface area contributed by atoms with E-state index >= 15 is 0 Å². The Bertz CT molecular complexity index is 1220. The Kier molecular flexibility index (Phi) is 5.59. The van der Waals surface area contributed by atoms with E-state index in [1.165, 1.54) is 5.69 Å². The highest BCUT2D eigenvalue weighted by Crippen LogP contribution is 2.27. The number of nitrogens with zero attached hydrogens (tertiary/aromatic N) is 4. The first-order valence-electron chi connectivity index (χ1n) is 10.5. The molecule has 1 saturated heterocycles. The SMILES string of the molecule is CN(c1ccc2nc(NCc3ccc(Oc4ccc(Cl)cn4)cc3)n(C)c2c1)C1COC1. The summed E-state index contributed by atoms with van der Waals surface area (Å²) in [5.74, 6) is 2.06. The third-order valence-corrected chi connectivity index (χ3v) is 5.96. The third-order valence-electron chi connectivity index (χ3n) is 5.74. The number of aryl methyl sites for hydroxylation is 1. The fourth-order valence-corrected chi connectivity index (χ4v) is 3.73. The summed E-state index contributed by atoms with van der Waals surface area (Å²) in [6.45, 7) is 2.22. The van der Waals surface area contributed by atoms with Crippen LogP contribution in [0.4, 0.5) is 11.6 Å². The first kappa shape index (κ1) is 20.6. The quantitative estimate of drug-likeness (QED) is 0.434. The zero-order valence-corrected chi connectivity index (χ0v) is 18.7. The van der Waals surface area contributed by atoms with Crippen molar-refractivity contribution in [3.05, 3.63) is 71.4 Å². The van der Waals surface area contributed by atoms with Gasteiger partial charge >= 0.3 is 0 Å². The lowest BCUT2D eigenvalue weighted by atomic mass is 10.2.